The van der Waals surface area contributed by atoms with Crippen LogP contribution in [-0.4, -0.2) is 57.0 Å². The molecule has 0 aliphatic rings. The lowest BCUT2D eigenvalue weighted by Gasteiger charge is -2.18. The van der Waals surface area contributed by atoms with E-state index in [1.165, 1.54) is 5.56 Å². The van der Waals surface area contributed by atoms with E-state index in [9.17, 15) is 10.2 Å². The van der Waals surface area contributed by atoms with Crippen molar-refractivity contribution in [3.63, 3.8) is 0 Å². The first kappa shape index (κ1) is 23.5. The highest BCUT2D eigenvalue weighted by atomic mass is 16.5. The van der Waals surface area contributed by atoms with Gasteiger partial charge in [-0.15, -0.1) is 0 Å². The SMILES string of the molecule is COc1ccc(-n2cnc3cnc(-c4ccc(-c5ccccc5CN(C)CCO)cc4)c(O)c32)cc1. The normalized spacial score (nSPS) is 11.3. The van der Waals surface area contributed by atoms with Crippen LogP contribution in [0.5, 0.6) is 11.5 Å². The van der Waals surface area contributed by atoms with Gasteiger partial charge in [-0.2, -0.15) is 0 Å². The zero-order valence-electron chi connectivity index (χ0n) is 20.3. The highest BCUT2D eigenvalue weighted by Gasteiger charge is 2.16. The predicted molar refractivity (Wildman–Crippen MR) is 141 cm³/mol. The Bertz CT molecular complexity index is 1480. The maximum absolute atomic E-state index is 11.2. The Hall–Kier alpha value is -4.20. The van der Waals surface area contributed by atoms with Crippen molar-refractivity contribution in [2.45, 2.75) is 6.54 Å². The van der Waals surface area contributed by atoms with Gasteiger partial charge >= 0.3 is 0 Å². The van der Waals surface area contributed by atoms with Crippen LogP contribution in [0.4, 0.5) is 0 Å². The van der Waals surface area contributed by atoms with Gasteiger partial charge in [0, 0.05) is 24.3 Å². The molecule has 0 radical (unpaired) electrons. The number of rotatable bonds is 8. The molecule has 2 heterocycles. The van der Waals surface area contributed by atoms with Gasteiger partial charge in [0.2, 0.25) is 0 Å². The Morgan fingerprint density at radius 1 is 0.917 bits per heavy atom. The summed E-state index contributed by atoms with van der Waals surface area (Å²) in [5.74, 6) is 0.844. The van der Waals surface area contributed by atoms with E-state index in [1.54, 1.807) is 19.6 Å². The molecule has 5 aromatic rings. The fourth-order valence-electron chi connectivity index (χ4n) is 4.43. The van der Waals surface area contributed by atoms with Crippen LogP contribution in [0.3, 0.4) is 0 Å². The number of aliphatic hydroxyl groups is 1. The van der Waals surface area contributed by atoms with E-state index in [-0.39, 0.29) is 12.4 Å². The maximum atomic E-state index is 11.2. The minimum Gasteiger partial charge on any atom is -0.504 e. The van der Waals surface area contributed by atoms with Crippen molar-refractivity contribution in [2.24, 2.45) is 0 Å². The molecule has 0 aliphatic heterocycles. The van der Waals surface area contributed by atoms with Gasteiger partial charge in [-0.25, -0.2) is 9.97 Å². The van der Waals surface area contributed by atoms with Crippen LogP contribution < -0.4 is 4.74 Å². The van der Waals surface area contributed by atoms with E-state index in [0.717, 1.165) is 34.7 Å². The van der Waals surface area contributed by atoms with Gasteiger partial charge in [0.05, 0.1) is 19.9 Å². The van der Waals surface area contributed by atoms with Gasteiger partial charge in [-0.05, 0) is 48.0 Å². The molecule has 0 fully saturated rings. The Balaban J connectivity index is 1.49. The van der Waals surface area contributed by atoms with Crippen LogP contribution in [0.15, 0.2) is 85.3 Å². The summed E-state index contributed by atoms with van der Waals surface area (Å²) in [6, 6.07) is 23.9. The molecule has 0 atom stereocenters. The van der Waals surface area contributed by atoms with E-state index >= 15 is 0 Å². The van der Waals surface area contributed by atoms with E-state index in [4.69, 9.17) is 4.74 Å². The zero-order chi connectivity index (χ0) is 25.1. The van der Waals surface area contributed by atoms with E-state index < -0.39 is 0 Å². The van der Waals surface area contributed by atoms with E-state index in [2.05, 4.69) is 27.0 Å². The number of hydrogen-bond acceptors (Lipinski definition) is 6. The topological polar surface area (TPSA) is 83.6 Å². The Morgan fingerprint density at radius 2 is 1.64 bits per heavy atom. The Labute approximate surface area is 209 Å². The van der Waals surface area contributed by atoms with Crippen molar-refractivity contribution >= 4 is 11.0 Å². The van der Waals surface area contributed by atoms with Gasteiger partial charge in [0.15, 0.2) is 5.75 Å². The highest BCUT2D eigenvalue weighted by Crippen LogP contribution is 2.36. The summed E-state index contributed by atoms with van der Waals surface area (Å²) in [7, 11) is 3.63. The molecule has 36 heavy (non-hydrogen) atoms. The summed E-state index contributed by atoms with van der Waals surface area (Å²) in [6.07, 6.45) is 3.37. The standard InChI is InChI=1S/C29H28N4O3/c1-32(15-16-34)18-22-5-3-4-6-25(22)20-7-9-21(10-8-20)27-29(35)28-26(17-30-27)31-19-33(28)23-11-13-24(36-2)14-12-23/h3-14,17,19,34-35H,15-16,18H2,1-2H3. The summed E-state index contributed by atoms with van der Waals surface area (Å²) in [4.78, 5) is 11.0. The largest absolute Gasteiger partial charge is 0.504 e. The van der Waals surface area contributed by atoms with Crippen LogP contribution in [0.1, 0.15) is 5.56 Å². The van der Waals surface area contributed by atoms with Crippen LogP contribution in [0, 0.1) is 0 Å². The first-order valence-electron chi connectivity index (χ1n) is 11.8. The van der Waals surface area contributed by atoms with Crippen LogP contribution in [0.2, 0.25) is 0 Å². The number of nitrogens with zero attached hydrogens (tertiary/aromatic N) is 4. The van der Waals surface area contributed by atoms with E-state index in [0.29, 0.717) is 23.3 Å². The van der Waals surface area contributed by atoms with Crippen LogP contribution in [0.25, 0.3) is 39.1 Å². The summed E-state index contributed by atoms with van der Waals surface area (Å²) < 4.78 is 7.11. The minimum atomic E-state index is 0.0830. The minimum absolute atomic E-state index is 0.0830. The molecule has 3 aromatic carbocycles. The van der Waals surface area contributed by atoms with Gasteiger partial charge in [0.1, 0.15) is 28.8 Å². The molecule has 182 valence electrons. The van der Waals surface area contributed by atoms with Gasteiger partial charge in [-0.3, -0.25) is 9.47 Å². The first-order chi connectivity index (χ1) is 17.6. The molecule has 0 bridgehead atoms. The van der Waals surface area contributed by atoms with Crippen molar-refractivity contribution in [2.75, 3.05) is 27.3 Å². The highest BCUT2D eigenvalue weighted by molar-refractivity contribution is 5.89. The third-order valence-corrected chi connectivity index (χ3v) is 6.32. The Kier molecular flexibility index (Phi) is 6.66. The maximum Gasteiger partial charge on any atom is 0.168 e. The van der Waals surface area contributed by atoms with Crippen molar-refractivity contribution in [1.82, 2.24) is 19.4 Å². The third kappa shape index (κ3) is 4.54. The van der Waals surface area contributed by atoms with Crippen molar-refractivity contribution in [3.8, 4) is 39.6 Å². The second-order valence-corrected chi connectivity index (χ2v) is 8.70. The Morgan fingerprint density at radius 3 is 2.36 bits per heavy atom. The lowest BCUT2D eigenvalue weighted by atomic mass is 9.97. The second-order valence-electron chi connectivity index (χ2n) is 8.70. The van der Waals surface area contributed by atoms with Gasteiger partial charge in [0.25, 0.3) is 0 Å². The molecule has 7 nitrogen and oxygen atoms in total. The zero-order valence-corrected chi connectivity index (χ0v) is 20.3. The second kappa shape index (κ2) is 10.2. The van der Waals surface area contributed by atoms with E-state index in [1.807, 2.05) is 72.3 Å². The molecule has 0 saturated carbocycles. The molecule has 0 amide bonds. The number of benzene rings is 3. The first-order valence-corrected chi connectivity index (χ1v) is 11.8. The predicted octanol–water partition coefficient (Wildman–Crippen LogP) is 4.89. The molecule has 5 rings (SSSR count). The molecule has 0 unspecified atom stereocenters. The number of aromatic nitrogens is 3. The van der Waals surface area contributed by atoms with Gasteiger partial charge in [-0.1, -0.05) is 48.5 Å². The van der Waals surface area contributed by atoms with Gasteiger partial charge < -0.3 is 14.9 Å². The number of aliphatic hydroxyl groups excluding tert-OH is 1. The molecular weight excluding hydrogens is 452 g/mol. The smallest absolute Gasteiger partial charge is 0.168 e. The number of aromatic hydroxyl groups is 1. The fraction of sp³-hybridized carbons (Fsp3) is 0.172. The number of imidazole rings is 1. The number of likely N-dealkylation sites (N-methyl/N-ethyl adjacent to an activating group) is 1. The van der Waals surface area contributed by atoms with Crippen LogP contribution >= 0.6 is 0 Å². The summed E-state index contributed by atoms with van der Waals surface area (Å²) in [5, 5.41) is 20.5. The lowest BCUT2D eigenvalue weighted by Crippen LogP contribution is -2.21. The fourth-order valence-corrected chi connectivity index (χ4v) is 4.43. The molecular formula is C29H28N4O3. The monoisotopic (exact) mass is 480 g/mol. The number of ether oxygens (including phenoxy) is 1. The quantitative estimate of drug-likeness (QED) is 0.329. The molecule has 2 N–H and O–H groups in total. The molecule has 0 saturated heterocycles. The molecule has 7 heteroatoms. The lowest BCUT2D eigenvalue weighted by molar-refractivity contribution is 0.217. The van der Waals surface area contributed by atoms with Crippen molar-refractivity contribution in [3.05, 3.63) is 90.9 Å². The summed E-state index contributed by atoms with van der Waals surface area (Å²) >= 11 is 0. The average Bonchev–Trinajstić information content (AvgIpc) is 3.35. The molecule has 0 aliphatic carbocycles. The van der Waals surface area contributed by atoms with Crippen molar-refractivity contribution < 1.29 is 14.9 Å². The number of hydrogen-bond donors (Lipinski definition) is 2. The number of fused-ring (bicyclic) bond motifs is 1. The molecule has 2 aromatic heterocycles. The molecule has 0 spiro atoms. The number of pyridine rings is 1. The number of methoxy groups -OCH3 is 1. The summed E-state index contributed by atoms with van der Waals surface area (Å²) in [6.45, 7) is 1.49. The summed E-state index contributed by atoms with van der Waals surface area (Å²) in [5.41, 5.74) is 6.80. The van der Waals surface area contributed by atoms with Crippen LogP contribution in [-0.2, 0) is 6.54 Å². The van der Waals surface area contributed by atoms with Crippen molar-refractivity contribution in [1.29, 1.82) is 0 Å². The third-order valence-electron chi connectivity index (χ3n) is 6.32. The average molecular weight is 481 g/mol.